The van der Waals surface area contributed by atoms with E-state index in [1.54, 1.807) is 4.90 Å². The van der Waals surface area contributed by atoms with Gasteiger partial charge < -0.3 is 15.3 Å². The molecule has 0 spiro atoms. The fourth-order valence-corrected chi connectivity index (χ4v) is 1.84. The fraction of sp³-hybridized carbons (Fsp3) is 0.455. The number of hydrogen-bond acceptors (Lipinski definition) is 4. The summed E-state index contributed by atoms with van der Waals surface area (Å²) in [7, 11) is 0. The van der Waals surface area contributed by atoms with Crippen LogP contribution < -0.4 is 5.32 Å². The predicted molar refractivity (Wildman–Crippen MR) is 59.3 cm³/mol. The third-order valence-electron chi connectivity index (χ3n) is 2.63. The average Bonchev–Trinajstić information content (AvgIpc) is 2.28. The zero-order valence-electron chi connectivity index (χ0n) is 9.18. The number of carbonyl (C=O) groups excluding carboxylic acids is 1. The van der Waals surface area contributed by atoms with E-state index in [0.717, 1.165) is 6.54 Å². The summed E-state index contributed by atoms with van der Waals surface area (Å²) in [6.07, 6.45) is 2.80. The summed E-state index contributed by atoms with van der Waals surface area (Å²) in [6.45, 7) is 4.23. The molecule has 1 fully saturated rings. The maximum Gasteiger partial charge on any atom is 0.255 e. The molecule has 1 amide bonds. The molecule has 0 bridgehead atoms. The highest BCUT2D eigenvalue weighted by Gasteiger charge is 2.21. The van der Waals surface area contributed by atoms with Gasteiger partial charge in [0.1, 0.15) is 5.75 Å². The van der Waals surface area contributed by atoms with Crippen molar-refractivity contribution < 1.29 is 9.90 Å². The summed E-state index contributed by atoms with van der Waals surface area (Å²) in [6, 6.07) is 1.75. The molecular weight excluding hydrogens is 206 g/mol. The van der Waals surface area contributed by atoms with Crippen molar-refractivity contribution in [1.29, 1.82) is 0 Å². The highest BCUT2D eigenvalue weighted by molar-refractivity contribution is 5.94. The van der Waals surface area contributed by atoms with Crippen molar-refractivity contribution in [3.63, 3.8) is 0 Å². The van der Waals surface area contributed by atoms with Crippen LogP contribution in [0.5, 0.6) is 5.75 Å². The van der Waals surface area contributed by atoms with Gasteiger partial charge in [0.05, 0.1) is 11.8 Å². The number of amides is 1. The number of pyridine rings is 1. The Bertz CT molecular complexity index is 395. The summed E-state index contributed by atoms with van der Waals surface area (Å²) in [5.41, 5.74) is 0.439. The van der Waals surface area contributed by atoms with Gasteiger partial charge in [0.15, 0.2) is 0 Å². The van der Waals surface area contributed by atoms with Crippen LogP contribution in [0.25, 0.3) is 0 Å². The van der Waals surface area contributed by atoms with E-state index in [0.29, 0.717) is 24.7 Å². The van der Waals surface area contributed by atoms with Crippen LogP contribution in [0.15, 0.2) is 18.5 Å². The van der Waals surface area contributed by atoms with Crippen LogP contribution in [0.3, 0.4) is 0 Å². The molecule has 1 saturated heterocycles. The van der Waals surface area contributed by atoms with Gasteiger partial charge >= 0.3 is 0 Å². The van der Waals surface area contributed by atoms with E-state index in [-0.39, 0.29) is 11.7 Å². The SMILES string of the molecule is C[C@H]1CN(C(=O)c2cncc(O)c2)CCN1. The van der Waals surface area contributed by atoms with Crippen LogP contribution in [0.4, 0.5) is 0 Å². The zero-order valence-corrected chi connectivity index (χ0v) is 9.18. The molecule has 1 aromatic rings. The third kappa shape index (κ3) is 2.30. The minimum atomic E-state index is -0.0725. The van der Waals surface area contributed by atoms with Gasteiger partial charge in [-0.25, -0.2) is 0 Å². The number of piperazine rings is 1. The van der Waals surface area contributed by atoms with Gasteiger partial charge in [0, 0.05) is 31.9 Å². The van der Waals surface area contributed by atoms with Crippen molar-refractivity contribution in [3.8, 4) is 5.75 Å². The van der Waals surface area contributed by atoms with E-state index in [1.807, 2.05) is 6.92 Å². The van der Waals surface area contributed by atoms with Gasteiger partial charge in [-0.05, 0) is 13.0 Å². The molecule has 16 heavy (non-hydrogen) atoms. The molecule has 1 aliphatic rings. The Labute approximate surface area is 94.1 Å². The normalized spacial score (nSPS) is 20.8. The molecule has 0 radical (unpaired) electrons. The van der Waals surface area contributed by atoms with Crippen molar-refractivity contribution in [2.75, 3.05) is 19.6 Å². The second-order valence-corrected chi connectivity index (χ2v) is 4.04. The van der Waals surface area contributed by atoms with Crippen molar-refractivity contribution in [1.82, 2.24) is 15.2 Å². The first-order valence-corrected chi connectivity index (χ1v) is 5.33. The van der Waals surface area contributed by atoms with Crippen LogP contribution in [-0.4, -0.2) is 46.6 Å². The largest absolute Gasteiger partial charge is 0.506 e. The number of aromatic nitrogens is 1. The first-order chi connectivity index (χ1) is 7.66. The Hall–Kier alpha value is -1.62. The molecule has 0 saturated carbocycles. The van der Waals surface area contributed by atoms with E-state index < -0.39 is 0 Å². The van der Waals surface area contributed by atoms with Gasteiger partial charge in [-0.15, -0.1) is 0 Å². The maximum atomic E-state index is 12.0. The number of aromatic hydroxyl groups is 1. The average molecular weight is 221 g/mol. The van der Waals surface area contributed by atoms with Crippen LogP contribution in [0.2, 0.25) is 0 Å². The van der Waals surface area contributed by atoms with E-state index in [9.17, 15) is 9.90 Å². The minimum absolute atomic E-state index is 0.0223. The predicted octanol–water partition coefficient (Wildman–Crippen LogP) is 0.221. The summed E-state index contributed by atoms with van der Waals surface area (Å²) in [4.78, 5) is 17.6. The Morgan fingerprint density at radius 2 is 2.44 bits per heavy atom. The van der Waals surface area contributed by atoms with E-state index in [1.165, 1.54) is 18.5 Å². The van der Waals surface area contributed by atoms with Crippen LogP contribution >= 0.6 is 0 Å². The molecular formula is C11H15N3O2. The van der Waals surface area contributed by atoms with Gasteiger partial charge in [-0.2, -0.15) is 0 Å². The molecule has 1 aromatic heterocycles. The lowest BCUT2D eigenvalue weighted by Crippen LogP contribution is -2.51. The van der Waals surface area contributed by atoms with Crippen molar-refractivity contribution in [2.24, 2.45) is 0 Å². The minimum Gasteiger partial charge on any atom is -0.506 e. The molecule has 0 unspecified atom stereocenters. The molecule has 0 aromatic carbocycles. The van der Waals surface area contributed by atoms with Crippen molar-refractivity contribution in [2.45, 2.75) is 13.0 Å². The van der Waals surface area contributed by atoms with E-state index in [2.05, 4.69) is 10.3 Å². The van der Waals surface area contributed by atoms with Gasteiger partial charge in [0.25, 0.3) is 5.91 Å². The monoisotopic (exact) mass is 221 g/mol. The fourth-order valence-electron chi connectivity index (χ4n) is 1.84. The summed E-state index contributed by atoms with van der Waals surface area (Å²) in [5.74, 6) is -0.0502. The molecule has 2 N–H and O–H groups in total. The van der Waals surface area contributed by atoms with Gasteiger partial charge in [-0.3, -0.25) is 9.78 Å². The Kier molecular flexibility index (Phi) is 3.05. The quantitative estimate of drug-likeness (QED) is 0.712. The molecule has 5 heteroatoms. The summed E-state index contributed by atoms with van der Waals surface area (Å²) in [5, 5.41) is 12.5. The Morgan fingerprint density at radius 1 is 1.62 bits per heavy atom. The highest BCUT2D eigenvalue weighted by atomic mass is 16.3. The Balaban J connectivity index is 2.12. The van der Waals surface area contributed by atoms with Gasteiger partial charge in [0.2, 0.25) is 0 Å². The first-order valence-electron chi connectivity index (χ1n) is 5.33. The Morgan fingerprint density at radius 3 is 3.12 bits per heavy atom. The van der Waals surface area contributed by atoms with Crippen molar-refractivity contribution >= 4 is 5.91 Å². The molecule has 1 aliphatic heterocycles. The summed E-state index contributed by atoms with van der Waals surface area (Å²) < 4.78 is 0. The standard InChI is InChI=1S/C11H15N3O2/c1-8-7-14(3-2-13-8)11(16)9-4-10(15)6-12-5-9/h4-6,8,13,15H,2-3,7H2,1H3/t8-/m0/s1. The second kappa shape index (κ2) is 4.49. The van der Waals surface area contributed by atoms with E-state index in [4.69, 9.17) is 0 Å². The van der Waals surface area contributed by atoms with Crippen molar-refractivity contribution in [3.05, 3.63) is 24.0 Å². The van der Waals surface area contributed by atoms with Crippen LogP contribution in [0.1, 0.15) is 17.3 Å². The molecule has 0 aliphatic carbocycles. The lowest BCUT2D eigenvalue weighted by molar-refractivity contribution is 0.0708. The number of carbonyl (C=O) groups is 1. The first kappa shape index (κ1) is 10.9. The van der Waals surface area contributed by atoms with Gasteiger partial charge in [-0.1, -0.05) is 0 Å². The number of hydrogen-bond donors (Lipinski definition) is 2. The molecule has 86 valence electrons. The molecule has 2 heterocycles. The number of nitrogens with one attached hydrogen (secondary N) is 1. The van der Waals surface area contributed by atoms with E-state index >= 15 is 0 Å². The second-order valence-electron chi connectivity index (χ2n) is 4.04. The molecule has 5 nitrogen and oxygen atoms in total. The number of rotatable bonds is 1. The van der Waals surface area contributed by atoms with Crippen LogP contribution in [-0.2, 0) is 0 Å². The van der Waals surface area contributed by atoms with Crippen LogP contribution in [0, 0.1) is 0 Å². The molecule has 2 rings (SSSR count). The topological polar surface area (TPSA) is 65.5 Å². The molecule has 1 atom stereocenters. The third-order valence-corrected chi connectivity index (χ3v) is 2.63. The highest BCUT2D eigenvalue weighted by Crippen LogP contribution is 2.12. The summed E-state index contributed by atoms with van der Waals surface area (Å²) >= 11 is 0. The smallest absolute Gasteiger partial charge is 0.255 e. The lowest BCUT2D eigenvalue weighted by Gasteiger charge is -2.31. The number of nitrogens with zero attached hydrogens (tertiary/aromatic N) is 2. The zero-order chi connectivity index (χ0) is 11.5. The lowest BCUT2D eigenvalue weighted by atomic mass is 10.2. The maximum absolute atomic E-state index is 12.0.